The van der Waals surface area contributed by atoms with Crippen molar-refractivity contribution in [3.05, 3.63) is 81.2 Å². The summed E-state index contributed by atoms with van der Waals surface area (Å²) >= 11 is 0. The zero-order valence-electron chi connectivity index (χ0n) is 18.9. The first-order valence-corrected chi connectivity index (χ1v) is 10.2. The van der Waals surface area contributed by atoms with E-state index in [0.29, 0.717) is 22.8 Å². The van der Waals surface area contributed by atoms with E-state index in [9.17, 15) is 14.0 Å². The molecule has 0 spiro atoms. The molecule has 4 rings (SSSR count). The normalized spacial score (nSPS) is 11.0. The first kappa shape index (κ1) is 22.1. The number of amides is 1. The van der Waals surface area contributed by atoms with E-state index in [0.717, 1.165) is 11.1 Å². The number of aromatic nitrogens is 3. The van der Waals surface area contributed by atoms with Crippen LogP contribution in [0, 0.1) is 26.6 Å². The SMILES string of the molecule is COc1ccc(-c2onc(C(=O)Nc3c(C)n(C)n(-c4ccccc4F)c3=O)c2C)c(C)c1. The van der Waals surface area contributed by atoms with Crippen molar-refractivity contribution in [2.75, 3.05) is 12.4 Å². The molecule has 0 bridgehead atoms. The molecule has 0 saturated carbocycles. The molecule has 33 heavy (non-hydrogen) atoms. The Morgan fingerprint density at radius 3 is 2.55 bits per heavy atom. The standard InChI is InChI=1S/C24H23FN4O4/c1-13-12-16(32-5)10-11-17(13)22-14(2)20(27-33-22)23(30)26-21-15(3)28(4)29(24(21)31)19-9-7-6-8-18(19)25/h6-12H,1-5H3,(H,26,30). The number of aryl methyl sites for hydroxylation is 1. The third-order valence-corrected chi connectivity index (χ3v) is 5.69. The monoisotopic (exact) mass is 450 g/mol. The molecule has 0 radical (unpaired) electrons. The molecule has 2 heterocycles. The van der Waals surface area contributed by atoms with Crippen molar-refractivity contribution in [2.45, 2.75) is 20.8 Å². The molecule has 0 fully saturated rings. The van der Waals surface area contributed by atoms with Gasteiger partial charge < -0.3 is 14.6 Å². The van der Waals surface area contributed by atoms with Gasteiger partial charge >= 0.3 is 0 Å². The number of nitrogens with one attached hydrogen (secondary N) is 1. The van der Waals surface area contributed by atoms with Gasteiger partial charge in [0, 0.05) is 18.2 Å². The topological polar surface area (TPSA) is 91.3 Å². The van der Waals surface area contributed by atoms with Crippen LogP contribution in [-0.4, -0.2) is 27.5 Å². The Hall–Kier alpha value is -4.14. The number of benzene rings is 2. The fourth-order valence-electron chi connectivity index (χ4n) is 3.74. The van der Waals surface area contributed by atoms with Crippen molar-refractivity contribution in [1.82, 2.24) is 14.5 Å². The number of hydrogen-bond donors (Lipinski definition) is 1. The molecule has 9 heteroatoms. The van der Waals surface area contributed by atoms with Crippen molar-refractivity contribution in [3.63, 3.8) is 0 Å². The number of ether oxygens (including phenoxy) is 1. The van der Waals surface area contributed by atoms with Crippen LogP contribution in [0.15, 0.2) is 51.8 Å². The minimum atomic E-state index is -0.597. The van der Waals surface area contributed by atoms with E-state index in [2.05, 4.69) is 10.5 Å². The maximum absolute atomic E-state index is 14.3. The molecule has 4 aromatic rings. The Balaban J connectivity index is 1.69. The minimum absolute atomic E-state index is 0.0373. The fraction of sp³-hybridized carbons (Fsp3) is 0.208. The number of halogens is 1. The van der Waals surface area contributed by atoms with Gasteiger partial charge in [0.05, 0.1) is 12.8 Å². The predicted octanol–water partition coefficient (Wildman–Crippen LogP) is 4.16. The summed E-state index contributed by atoms with van der Waals surface area (Å²) in [7, 11) is 3.20. The van der Waals surface area contributed by atoms with Gasteiger partial charge in [-0.15, -0.1) is 0 Å². The quantitative estimate of drug-likeness (QED) is 0.493. The molecule has 1 N–H and O–H groups in total. The van der Waals surface area contributed by atoms with E-state index in [-0.39, 0.29) is 17.1 Å². The van der Waals surface area contributed by atoms with Crippen molar-refractivity contribution in [2.24, 2.45) is 7.05 Å². The molecular weight excluding hydrogens is 427 g/mol. The number of anilines is 1. The highest BCUT2D eigenvalue weighted by molar-refractivity contribution is 6.04. The predicted molar refractivity (Wildman–Crippen MR) is 122 cm³/mol. The highest BCUT2D eigenvalue weighted by Crippen LogP contribution is 2.31. The first-order valence-electron chi connectivity index (χ1n) is 10.2. The maximum atomic E-state index is 14.3. The average molecular weight is 450 g/mol. The molecule has 0 unspecified atom stereocenters. The van der Waals surface area contributed by atoms with E-state index < -0.39 is 17.3 Å². The number of methoxy groups -OCH3 is 1. The second-order valence-electron chi connectivity index (χ2n) is 7.67. The second kappa shape index (κ2) is 8.42. The number of para-hydroxylation sites is 1. The Kier molecular flexibility index (Phi) is 5.63. The van der Waals surface area contributed by atoms with Crippen LogP contribution in [0.5, 0.6) is 5.75 Å². The zero-order valence-corrected chi connectivity index (χ0v) is 18.9. The first-order chi connectivity index (χ1) is 15.7. The van der Waals surface area contributed by atoms with Crippen molar-refractivity contribution in [3.8, 4) is 22.8 Å². The number of hydrogen-bond acceptors (Lipinski definition) is 5. The van der Waals surface area contributed by atoms with Crippen LogP contribution in [0.3, 0.4) is 0 Å². The van der Waals surface area contributed by atoms with Crippen LogP contribution in [0.1, 0.15) is 27.3 Å². The number of nitrogens with zero attached hydrogens (tertiary/aromatic N) is 3. The fourth-order valence-corrected chi connectivity index (χ4v) is 3.74. The van der Waals surface area contributed by atoms with Gasteiger partial charge in [0.25, 0.3) is 11.5 Å². The van der Waals surface area contributed by atoms with Gasteiger partial charge in [0.15, 0.2) is 11.5 Å². The lowest BCUT2D eigenvalue weighted by atomic mass is 10.0. The summed E-state index contributed by atoms with van der Waals surface area (Å²) in [6, 6.07) is 11.4. The second-order valence-corrected chi connectivity index (χ2v) is 7.67. The van der Waals surface area contributed by atoms with E-state index in [4.69, 9.17) is 9.26 Å². The summed E-state index contributed by atoms with van der Waals surface area (Å²) in [5.41, 5.74) is 2.29. The summed E-state index contributed by atoms with van der Waals surface area (Å²) in [5, 5.41) is 6.56. The maximum Gasteiger partial charge on any atom is 0.295 e. The van der Waals surface area contributed by atoms with Crippen LogP contribution >= 0.6 is 0 Å². The van der Waals surface area contributed by atoms with Gasteiger partial charge in [-0.1, -0.05) is 17.3 Å². The lowest BCUT2D eigenvalue weighted by Crippen LogP contribution is -2.24. The summed E-state index contributed by atoms with van der Waals surface area (Å²) in [5.74, 6) is 0.0102. The zero-order chi connectivity index (χ0) is 23.9. The minimum Gasteiger partial charge on any atom is -0.497 e. The number of carbonyl (C=O) groups is 1. The molecule has 0 saturated heterocycles. The molecule has 2 aromatic heterocycles. The molecule has 170 valence electrons. The molecule has 0 atom stereocenters. The number of rotatable bonds is 5. The third kappa shape index (κ3) is 3.71. The molecule has 0 aliphatic rings. The molecule has 2 aromatic carbocycles. The van der Waals surface area contributed by atoms with Crippen molar-refractivity contribution in [1.29, 1.82) is 0 Å². The Morgan fingerprint density at radius 2 is 1.88 bits per heavy atom. The van der Waals surface area contributed by atoms with Gasteiger partial charge in [-0.05, 0) is 56.7 Å². The van der Waals surface area contributed by atoms with Crippen LogP contribution in [0.2, 0.25) is 0 Å². The van der Waals surface area contributed by atoms with Crippen molar-refractivity contribution >= 4 is 11.6 Å². The Labute approximate surface area is 189 Å². The van der Waals surface area contributed by atoms with Gasteiger partial charge in [-0.2, -0.15) is 0 Å². The average Bonchev–Trinajstić information content (AvgIpc) is 3.27. The van der Waals surface area contributed by atoms with E-state index >= 15 is 0 Å². The molecule has 1 amide bonds. The lowest BCUT2D eigenvalue weighted by Gasteiger charge is -2.08. The molecule has 8 nitrogen and oxygen atoms in total. The Morgan fingerprint density at radius 1 is 1.15 bits per heavy atom. The van der Waals surface area contributed by atoms with Gasteiger partial charge in [-0.25, -0.2) is 9.07 Å². The van der Waals surface area contributed by atoms with E-state index in [1.807, 2.05) is 19.1 Å². The van der Waals surface area contributed by atoms with Gasteiger partial charge in [-0.3, -0.25) is 14.3 Å². The number of carbonyl (C=O) groups excluding carboxylic acids is 1. The summed E-state index contributed by atoms with van der Waals surface area (Å²) in [6.45, 7) is 5.29. The smallest absolute Gasteiger partial charge is 0.295 e. The molecule has 0 aliphatic heterocycles. The van der Waals surface area contributed by atoms with Crippen molar-refractivity contribution < 1.29 is 18.4 Å². The lowest BCUT2D eigenvalue weighted by molar-refractivity contribution is 0.101. The summed E-state index contributed by atoms with van der Waals surface area (Å²) in [6.07, 6.45) is 0. The van der Waals surface area contributed by atoms with E-state index in [1.54, 1.807) is 40.1 Å². The Bertz CT molecular complexity index is 1430. The summed E-state index contributed by atoms with van der Waals surface area (Å²) < 4.78 is 27.7. The van der Waals surface area contributed by atoms with Crippen LogP contribution in [-0.2, 0) is 7.05 Å². The molecular formula is C24H23FN4O4. The van der Waals surface area contributed by atoms with Crippen LogP contribution < -0.4 is 15.6 Å². The molecule has 0 aliphatic carbocycles. The third-order valence-electron chi connectivity index (χ3n) is 5.69. The largest absolute Gasteiger partial charge is 0.497 e. The summed E-state index contributed by atoms with van der Waals surface area (Å²) in [4.78, 5) is 26.1. The van der Waals surface area contributed by atoms with Crippen LogP contribution in [0.25, 0.3) is 17.0 Å². The van der Waals surface area contributed by atoms with Gasteiger partial charge in [0.1, 0.15) is 22.9 Å². The van der Waals surface area contributed by atoms with E-state index in [1.165, 1.54) is 27.6 Å². The highest BCUT2D eigenvalue weighted by Gasteiger charge is 2.25. The highest BCUT2D eigenvalue weighted by atomic mass is 19.1. The van der Waals surface area contributed by atoms with Gasteiger partial charge in [0.2, 0.25) is 0 Å². The van der Waals surface area contributed by atoms with Crippen LogP contribution in [0.4, 0.5) is 10.1 Å².